The number of aromatic hydroxyl groups is 1. The molecule has 4 atom stereocenters. The molecule has 0 radical (unpaired) electrons. The zero-order valence-electron chi connectivity index (χ0n) is 20.9. The summed E-state index contributed by atoms with van der Waals surface area (Å²) in [6.07, 6.45) is 6.44. The zero-order valence-corrected chi connectivity index (χ0v) is 20.9. The van der Waals surface area contributed by atoms with E-state index in [0.29, 0.717) is 25.3 Å². The highest BCUT2D eigenvalue weighted by atomic mass is 16.5. The SMILES string of the molecule is CCCN1C(=O)[C@@H]2[C@@H](CC(C)=C3[C@@H](CC/C(=C/c4ccc(O)c5ccccc45)CC)OC[C@@H]32)C1=O. The summed E-state index contributed by atoms with van der Waals surface area (Å²) in [7, 11) is 0. The second-order valence-electron chi connectivity index (χ2n) is 10.2. The number of amides is 2. The van der Waals surface area contributed by atoms with Gasteiger partial charge in [-0.3, -0.25) is 14.5 Å². The number of nitrogens with zero attached hydrogens (tertiary/aromatic N) is 1. The van der Waals surface area contributed by atoms with Crippen molar-refractivity contribution in [2.75, 3.05) is 13.2 Å². The normalized spacial score (nSPS) is 26.6. The Morgan fingerprint density at radius 3 is 2.60 bits per heavy atom. The van der Waals surface area contributed by atoms with Gasteiger partial charge < -0.3 is 9.84 Å². The number of imide groups is 1. The molecule has 0 spiro atoms. The molecule has 35 heavy (non-hydrogen) atoms. The summed E-state index contributed by atoms with van der Waals surface area (Å²) in [5.41, 5.74) is 4.96. The van der Waals surface area contributed by atoms with E-state index in [0.717, 1.165) is 42.0 Å². The van der Waals surface area contributed by atoms with E-state index in [-0.39, 0.29) is 35.7 Å². The molecule has 0 bridgehead atoms. The first-order valence-corrected chi connectivity index (χ1v) is 13.0. The lowest BCUT2D eigenvalue weighted by Crippen LogP contribution is -2.34. The Balaban J connectivity index is 1.35. The van der Waals surface area contributed by atoms with Gasteiger partial charge in [-0.25, -0.2) is 0 Å². The number of fused-ring (bicyclic) bond motifs is 4. The van der Waals surface area contributed by atoms with E-state index < -0.39 is 0 Å². The number of allylic oxidation sites excluding steroid dienone is 2. The molecule has 0 aromatic heterocycles. The highest BCUT2D eigenvalue weighted by Gasteiger charge is 2.56. The van der Waals surface area contributed by atoms with Crippen molar-refractivity contribution in [1.29, 1.82) is 0 Å². The summed E-state index contributed by atoms with van der Waals surface area (Å²) in [4.78, 5) is 27.6. The third kappa shape index (κ3) is 4.10. The van der Waals surface area contributed by atoms with Crippen molar-refractivity contribution in [1.82, 2.24) is 4.90 Å². The van der Waals surface area contributed by atoms with Crippen molar-refractivity contribution in [2.24, 2.45) is 17.8 Å². The van der Waals surface area contributed by atoms with Crippen LogP contribution in [0.3, 0.4) is 0 Å². The van der Waals surface area contributed by atoms with Crippen LogP contribution < -0.4 is 0 Å². The van der Waals surface area contributed by atoms with Gasteiger partial charge in [0.1, 0.15) is 5.75 Å². The molecule has 0 unspecified atom stereocenters. The van der Waals surface area contributed by atoms with Crippen molar-refractivity contribution in [3.05, 3.63) is 58.7 Å². The molecule has 2 saturated heterocycles. The Morgan fingerprint density at radius 1 is 1.09 bits per heavy atom. The second-order valence-corrected chi connectivity index (χ2v) is 10.2. The quantitative estimate of drug-likeness (QED) is 0.404. The van der Waals surface area contributed by atoms with Gasteiger partial charge in [0.15, 0.2) is 0 Å². The largest absolute Gasteiger partial charge is 0.507 e. The van der Waals surface area contributed by atoms with Gasteiger partial charge in [0, 0.05) is 17.8 Å². The highest BCUT2D eigenvalue weighted by Crippen LogP contribution is 2.49. The number of hydrogen-bond donors (Lipinski definition) is 1. The molecule has 5 rings (SSSR count). The van der Waals surface area contributed by atoms with E-state index in [2.05, 4.69) is 19.9 Å². The van der Waals surface area contributed by atoms with Crippen LogP contribution in [0.4, 0.5) is 0 Å². The molecule has 1 aliphatic carbocycles. The number of likely N-dealkylation sites (tertiary alicyclic amines) is 1. The van der Waals surface area contributed by atoms with Crippen molar-refractivity contribution in [2.45, 2.75) is 59.0 Å². The summed E-state index contributed by atoms with van der Waals surface area (Å²) < 4.78 is 6.29. The molecule has 2 amide bonds. The molecule has 184 valence electrons. The topological polar surface area (TPSA) is 66.8 Å². The van der Waals surface area contributed by atoms with Crippen LogP contribution in [0.1, 0.15) is 58.4 Å². The van der Waals surface area contributed by atoms with Crippen molar-refractivity contribution >= 4 is 28.7 Å². The van der Waals surface area contributed by atoms with Crippen LogP contribution in [0, 0.1) is 17.8 Å². The first kappa shape index (κ1) is 23.8. The van der Waals surface area contributed by atoms with Crippen LogP contribution in [-0.2, 0) is 14.3 Å². The molecule has 0 saturated carbocycles. The van der Waals surface area contributed by atoms with Gasteiger partial charge in [-0.05, 0) is 61.6 Å². The molecule has 2 aromatic carbocycles. The molecular weight excluding hydrogens is 438 g/mol. The predicted octanol–water partition coefficient (Wildman–Crippen LogP) is 5.87. The van der Waals surface area contributed by atoms with Crippen LogP contribution in [0.5, 0.6) is 5.75 Å². The molecule has 3 aliphatic rings. The van der Waals surface area contributed by atoms with Crippen molar-refractivity contribution < 1.29 is 19.4 Å². The minimum atomic E-state index is -0.248. The number of hydrogen-bond acceptors (Lipinski definition) is 4. The van der Waals surface area contributed by atoms with Gasteiger partial charge in [0.25, 0.3) is 0 Å². The van der Waals surface area contributed by atoms with E-state index in [4.69, 9.17) is 4.74 Å². The Kier molecular flexibility index (Phi) is 6.54. The number of rotatable bonds is 7. The number of phenols is 1. The standard InChI is InChI=1S/C30H35NO4/c1-4-14-31-29(33)23-15-18(3)27-24(28(23)30(31)34)17-35-26(27)13-10-19(5-2)16-20-11-12-25(32)22-9-7-6-8-21(20)22/h6-9,11-12,16,23-24,26,28,32H,4-5,10,13-15,17H2,1-3H3/b19-16+/t23-,24+,26-,28-/m1/s1. The van der Waals surface area contributed by atoms with E-state index in [9.17, 15) is 14.7 Å². The summed E-state index contributed by atoms with van der Waals surface area (Å²) in [6.45, 7) is 7.36. The molecule has 2 aromatic rings. The minimum absolute atomic E-state index is 0.00875. The lowest BCUT2D eigenvalue weighted by atomic mass is 9.70. The third-order valence-corrected chi connectivity index (χ3v) is 8.17. The van der Waals surface area contributed by atoms with Crippen LogP contribution in [0.15, 0.2) is 53.1 Å². The van der Waals surface area contributed by atoms with Gasteiger partial charge in [-0.1, -0.05) is 61.4 Å². The van der Waals surface area contributed by atoms with Crippen LogP contribution >= 0.6 is 0 Å². The van der Waals surface area contributed by atoms with Crippen LogP contribution in [0.25, 0.3) is 16.8 Å². The highest BCUT2D eigenvalue weighted by molar-refractivity contribution is 6.06. The van der Waals surface area contributed by atoms with E-state index in [1.807, 2.05) is 37.3 Å². The van der Waals surface area contributed by atoms with Gasteiger partial charge in [0.05, 0.1) is 24.5 Å². The Morgan fingerprint density at radius 2 is 1.86 bits per heavy atom. The van der Waals surface area contributed by atoms with E-state index in [1.165, 1.54) is 21.6 Å². The van der Waals surface area contributed by atoms with Crippen molar-refractivity contribution in [3.8, 4) is 5.75 Å². The lowest BCUT2D eigenvalue weighted by Gasteiger charge is -2.30. The number of phenolic OH excluding ortho intramolecular Hbond substituents is 1. The van der Waals surface area contributed by atoms with Gasteiger partial charge >= 0.3 is 0 Å². The maximum absolute atomic E-state index is 13.1. The Labute approximate surface area is 207 Å². The van der Waals surface area contributed by atoms with Crippen LogP contribution in [0.2, 0.25) is 0 Å². The minimum Gasteiger partial charge on any atom is -0.507 e. The average molecular weight is 474 g/mol. The fourth-order valence-corrected chi connectivity index (χ4v) is 6.46. The summed E-state index contributed by atoms with van der Waals surface area (Å²) in [5.74, 6) is -0.0967. The summed E-state index contributed by atoms with van der Waals surface area (Å²) in [6, 6.07) is 11.7. The number of ether oxygens (including phenoxy) is 1. The summed E-state index contributed by atoms with van der Waals surface area (Å²) >= 11 is 0. The molecule has 5 heteroatoms. The zero-order chi connectivity index (χ0) is 24.7. The lowest BCUT2D eigenvalue weighted by molar-refractivity contribution is -0.140. The molecular formula is C30H35NO4. The van der Waals surface area contributed by atoms with E-state index >= 15 is 0 Å². The molecule has 5 nitrogen and oxygen atoms in total. The van der Waals surface area contributed by atoms with Gasteiger partial charge in [0.2, 0.25) is 11.8 Å². The summed E-state index contributed by atoms with van der Waals surface area (Å²) in [5, 5.41) is 12.1. The Bertz CT molecular complexity index is 1230. The van der Waals surface area contributed by atoms with E-state index in [1.54, 1.807) is 6.07 Å². The molecule has 1 N–H and O–H groups in total. The second kappa shape index (κ2) is 9.62. The first-order chi connectivity index (χ1) is 16.9. The Hall–Kier alpha value is -2.92. The monoisotopic (exact) mass is 473 g/mol. The maximum atomic E-state index is 13.1. The van der Waals surface area contributed by atoms with Crippen molar-refractivity contribution in [3.63, 3.8) is 0 Å². The first-order valence-electron chi connectivity index (χ1n) is 13.0. The van der Waals surface area contributed by atoms with Gasteiger partial charge in [-0.2, -0.15) is 0 Å². The molecule has 2 fully saturated rings. The fraction of sp³-hybridized carbons (Fsp3) is 0.467. The molecule has 2 aliphatic heterocycles. The fourth-order valence-electron chi connectivity index (χ4n) is 6.46. The predicted molar refractivity (Wildman–Crippen MR) is 138 cm³/mol. The number of benzene rings is 2. The van der Waals surface area contributed by atoms with Gasteiger partial charge in [-0.15, -0.1) is 0 Å². The third-order valence-electron chi connectivity index (χ3n) is 8.17. The van der Waals surface area contributed by atoms with Crippen LogP contribution in [-0.4, -0.2) is 41.1 Å². The number of carbonyl (C=O) groups excluding carboxylic acids is 2. The molecule has 2 heterocycles. The number of carbonyl (C=O) groups is 2. The average Bonchev–Trinajstić information content (AvgIpc) is 3.39. The smallest absolute Gasteiger partial charge is 0.233 e. The maximum Gasteiger partial charge on any atom is 0.233 e.